The summed E-state index contributed by atoms with van der Waals surface area (Å²) < 4.78 is 0. The van der Waals surface area contributed by atoms with Crippen LogP contribution in [0.4, 0.5) is 5.69 Å². The van der Waals surface area contributed by atoms with Crippen molar-refractivity contribution in [1.29, 1.82) is 0 Å². The third-order valence-corrected chi connectivity index (χ3v) is 8.34. The highest BCUT2D eigenvalue weighted by molar-refractivity contribution is 8.15. The molecule has 0 spiro atoms. The number of carbonyl (C=O) groups is 2. The Morgan fingerprint density at radius 3 is 2.48 bits per heavy atom. The smallest absolute Gasteiger partial charge is 0.240 e. The van der Waals surface area contributed by atoms with Crippen LogP contribution in [0.25, 0.3) is 0 Å². The molecule has 0 radical (unpaired) electrons. The van der Waals surface area contributed by atoms with E-state index in [9.17, 15) is 9.59 Å². The highest BCUT2D eigenvalue weighted by atomic mass is 35.5. The summed E-state index contributed by atoms with van der Waals surface area (Å²) in [5.74, 6) is 1.99. The van der Waals surface area contributed by atoms with Gasteiger partial charge in [0.1, 0.15) is 5.25 Å². The second-order valence-corrected chi connectivity index (χ2v) is 11.1. The molecule has 5 nitrogen and oxygen atoms in total. The number of carbonyl (C=O) groups excluding carboxylic acids is 2. The molecule has 1 heterocycles. The van der Waals surface area contributed by atoms with Gasteiger partial charge in [-0.25, -0.2) is 0 Å². The zero-order chi connectivity index (χ0) is 20.2. The Kier molecular flexibility index (Phi) is 5.08. The molecule has 154 valence electrons. The standard InChI is InChI=1S/C21H23Cl2N3O2S/c22-14-1-2-15(23)16(6-14)24-18(27)7-17-19(28)25-20(29-17)26-21-8-11-3-12(9-21)5-13(4-11)10-21/h1-2,6,11-13,17H,3-5,7-10H2,(H,24,27)(H,25,26,28). The fourth-order valence-corrected chi connectivity index (χ4v) is 7.39. The average molecular weight is 452 g/mol. The van der Waals surface area contributed by atoms with Crippen molar-refractivity contribution in [2.75, 3.05) is 5.32 Å². The van der Waals surface area contributed by atoms with Crippen molar-refractivity contribution in [2.45, 2.75) is 55.7 Å². The molecule has 1 saturated heterocycles. The van der Waals surface area contributed by atoms with E-state index in [-0.39, 0.29) is 23.8 Å². The third-order valence-electron chi connectivity index (χ3n) is 6.69. The van der Waals surface area contributed by atoms with Gasteiger partial charge in [0.25, 0.3) is 0 Å². The van der Waals surface area contributed by atoms with Crippen LogP contribution in [0, 0.1) is 17.8 Å². The lowest BCUT2D eigenvalue weighted by Crippen LogP contribution is -2.50. The van der Waals surface area contributed by atoms with Gasteiger partial charge in [-0.1, -0.05) is 35.0 Å². The van der Waals surface area contributed by atoms with Gasteiger partial charge in [0.05, 0.1) is 16.2 Å². The van der Waals surface area contributed by atoms with E-state index in [1.165, 1.54) is 31.0 Å². The van der Waals surface area contributed by atoms with Gasteiger partial charge in [-0.3, -0.25) is 14.6 Å². The number of rotatable bonds is 4. The van der Waals surface area contributed by atoms with E-state index in [0.717, 1.165) is 37.0 Å². The average Bonchev–Trinajstić information content (AvgIpc) is 2.95. The van der Waals surface area contributed by atoms with Crippen LogP contribution in [0.2, 0.25) is 10.0 Å². The summed E-state index contributed by atoms with van der Waals surface area (Å²) in [6.45, 7) is 0. The molecule has 1 aliphatic heterocycles. The minimum atomic E-state index is -0.472. The molecule has 5 aliphatic rings. The molecule has 4 saturated carbocycles. The SMILES string of the molecule is O=C(CC1SC(=NC23CC4CC(CC(C4)C2)C3)NC1=O)Nc1cc(Cl)ccc1Cl. The fraction of sp³-hybridized carbons (Fsp3) is 0.571. The van der Waals surface area contributed by atoms with E-state index < -0.39 is 5.25 Å². The van der Waals surface area contributed by atoms with Crippen molar-refractivity contribution in [3.05, 3.63) is 28.2 Å². The predicted molar refractivity (Wildman–Crippen MR) is 118 cm³/mol. The number of hydrogen-bond donors (Lipinski definition) is 2. The Hall–Kier alpha value is -1.24. The maximum absolute atomic E-state index is 12.4. The van der Waals surface area contributed by atoms with Crippen molar-refractivity contribution < 1.29 is 9.59 Å². The van der Waals surface area contributed by atoms with Gasteiger partial charge < -0.3 is 10.6 Å². The maximum atomic E-state index is 12.4. The topological polar surface area (TPSA) is 70.6 Å². The van der Waals surface area contributed by atoms with Crippen molar-refractivity contribution in [2.24, 2.45) is 22.7 Å². The zero-order valence-corrected chi connectivity index (χ0v) is 18.2. The molecule has 1 atom stereocenters. The van der Waals surface area contributed by atoms with Crippen molar-refractivity contribution in [1.82, 2.24) is 5.32 Å². The molecule has 29 heavy (non-hydrogen) atoms. The van der Waals surface area contributed by atoms with Crippen LogP contribution in [0.1, 0.15) is 44.9 Å². The van der Waals surface area contributed by atoms with Crippen molar-refractivity contribution in [3.8, 4) is 0 Å². The Morgan fingerprint density at radius 2 is 1.83 bits per heavy atom. The second kappa shape index (κ2) is 7.47. The van der Waals surface area contributed by atoms with Gasteiger partial charge in [0, 0.05) is 11.4 Å². The minimum Gasteiger partial charge on any atom is -0.325 e. The monoisotopic (exact) mass is 451 g/mol. The first-order valence-electron chi connectivity index (χ1n) is 10.2. The summed E-state index contributed by atoms with van der Waals surface area (Å²) in [5, 5.41) is 6.79. The van der Waals surface area contributed by atoms with E-state index in [2.05, 4.69) is 10.6 Å². The highest BCUT2D eigenvalue weighted by Gasteiger charge is 2.51. The van der Waals surface area contributed by atoms with E-state index >= 15 is 0 Å². The second-order valence-electron chi connectivity index (χ2n) is 9.03. The first-order chi connectivity index (χ1) is 13.9. The molecule has 2 amide bonds. The van der Waals surface area contributed by atoms with E-state index in [0.29, 0.717) is 20.9 Å². The molecule has 0 aromatic heterocycles. The summed E-state index contributed by atoms with van der Waals surface area (Å²) >= 11 is 13.5. The fourth-order valence-electron chi connectivity index (χ4n) is 5.97. The Bertz CT molecular complexity index is 869. The van der Waals surface area contributed by atoms with Crippen molar-refractivity contribution >= 4 is 57.6 Å². The number of hydrogen-bond acceptors (Lipinski definition) is 4. The molecular weight excluding hydrogens is 429 g/mol. The number of halogens is 2. The molecule has 6 rings (SSSR count). The largest absolute Gasteiger partial charge is 0.325 e. The normalized spacial score (nSPS) is 36.5. The zero-order valence-electron chi connectivity index (χ0n) is 15.9. The van der Waals surface area contributed by atoms with Gasteiger partial charge in [0.15, 0.2) is 5.17 Å². The quantitative estimate of drug-likeness (QED) is 0.684. The Morgan fingerprint density at radius 1 is 1.17 bits per heavy atom. The van der Waals surface area contributed by atoms with E-state index in [4.69, 9.17) is 28.2 Å². The number of thioether (sulfide) groups is 1. The Labute approximate surface area is 184 Å². The first-order valence-corrected chi connectivity index (χ1v) is 11.8. The van der Waals surface area contributed by atoms with Crippen LogP contribution < -0.4 is 10.6 Å². The van der Waals surface area contributed by atoms with E-state index in [1.807, 2.05) is 0 Å². The first kappa shape index (κ1) is 19.7. The number of amidine groups is 1. The van der Waals surface area contributed by atoms with Gasteiger partial charge in [-0.05, 0) is 74.5 Å². The van der Waals surface area contributed by atoms with Crippen LogP contribution in [0.3, 0.4) is 0 Å². The lowest BCUT2D eigenvalue weighted by atomic mass is 9.53. The summed E-state index contributed by atoms with van der Waals surface area (Å²) in [7, 11) is 0. The third kappa shape index (κ3) is 4.04. The molecule has 1 aromatic rings. The number of amides is 2. The van der Waals surface area contributed by atoms with Crippen LogP contribution >= 0.6 is 35.0 Å². The van der Waals surface area contributed by atoms with Gasteiger partial charge in [0.2, 0.25) is 11.8 Å². The minimum absolute atomic E-state index is 0.00975. The number of anilines is 1. The van der Waals surface area contributed by atoms with E-state index in [1.54, 1.807) is 18.2 Å². The van der Waals surface area contributed by atoms with Crippen molar-refractivity contribution in [3.63, 3.8) is 0 Å². The molecule has 8 heteroatoms. The molecule has 1 unspecified atom stereocenters. The summed E-state index contributed by atoms with van der Waals surface area (Å²) in [4.78, 5) is 30.0. The van der Waals surface area contributed by atoms with Crippen LogP contribution in [-0.4, -0.2) is 27.8 Å². The molecule has 4 aliphatic carbocycles. The van der Waals surface area contributed by atoms with Crippen LogP contribution in [0.15, 0.2) is 23.2 Å². The van der Waals surface area contributed by atoms with Gasteiger partial charge >= 0.3 is 0 Å². The summed E-state index contributed by atoms with van der Waals surface area (Å²) in [6, 6.07) is 4.89. The Balaban J connectivity index is 1.24. The number of benzene rings is 1. The lowest BCUT2D eigenvalue weighted by Gasteiger charge is -2.55. The van der Waals surface area contributed by atoms with Gasteiger partial charge in [-0.2, -0.15) is 0 Å². The number of nitrogens with zero attached hydrogens (tertiary/aromatic N) is 1. The molecule has 2 N–H and O–H groups in total. The molecule has 4 bridgehead atoms. The number of aliphatic imine (C=N–C) groups is 1. The van der Waals surface area contributed by atoms with Crippen LogP contribution in [0.5, 0.6) is 0 Å². The predicted octanol–water partition coefficient (Wildman–Crippen LogP) is 4.88. The molecule has 5 fully saturated rings. The molecular formula is C21H23Cl2N3O2S. The highest BCUT2D eigenvalue weighted by Crippen LogP contribution is 2.57. The summed E-state index contributed by atoms with van der Waals surface area (Å²) in [6.07, 6.45) is 7.60. The maximum Gasteiger partial charge on any atom is 0.240 e. The summed E-state index contributed by atoms with van der Waals surface area (Å²) in [5.41, 5.74) is 0.463. The van der Waals surface area contributed by atoms with Crippen LogP contribution in [-0.2, 0) is 9.59 Å². The molecule has 1 aromatic carbocycles. The number of nitrogens with one attached hydrogen (secondary N) is 2. The lowest BCUT2D eigenvalue weighted by molar-refractivity contribution is -0.122. The van der Waals surface area contributed by atoms with Gasteiger partial charge in [-0.15, -0.1) is 0 Å².